The zero-order valence-electron chi connectivity index (χ0n) is 7.71. The smallest absolute Gasteiger partial charge is 0.306 e. The minimum Gasteiger partial charge on any atom is -0.462 e. The summed E-state index contributed by atoms with van der Waals surface area (Å²) in [5.74, 6) is -0.0165. The van der Waals surface area contributed by atoms with Gasteiger partial charge in [0, 0.05) is 6.42 Å². The number of hydrogen-bond donors (Lipinski definition) is 0. The molecule has 0 aromatic heterocycles. The molecule has 1 aliphatic carbocycles. The normalized spacial score (nSPS) is 18.1. The fourth-order valence-corrected chi connectivity index (χ4v) is 1.40. The van der Waals surface area contributed by atoms with E-state index < -0.39 is 0 Å². The minimum absolute atomic E-state index is 0.0165. The predicted octanol–water partition coefficient (Wildman–Crippen LogP) is 2.48. The molecule has 1 radical (unpaired) electrons. The van der Waals surface area contributed by atoms with Crippen LogP contribution in [0.5, 0.6) is 0 Å². The highest BCUT2D eigenvalue weighted by Gasteiger charge is 2.18. The SMILES string of the molecule is CCCCC(=O)OC1C[CH]CC1. The van der Waals surface area contributed by atoms with E-state index in [-0.39, 0.29) is 12.1 Å². The van der Waals surface area contributed by atoms with Crippen LogP contribution in [-0.2, 0) is 9.53 Å². The zero-order chi connectivity index (χ0) is 8.81. The van der Waals surface area contributed by atoms with Crippen molar-refractivity contribution in [1.82, 2.24) is 0 Å². The van der Waals surface area contributed by atoms with Crippen molar-refractivity contribution in [3.05, 3.63) is 6.42 Å². The van der Waals surface area contributed by atoms with E-state index in [0.29, 0.717) is 6.42 Å². The van der Waals surface area contributed by atoms with E-state index in [2.05, 4.69) is 13.3 Å². The summed E-state index contributed by atoms with van der Waals surface area (Å²) < 4.78 is 5.24. The summed E-state index contributed by atoms with van der Waals surface area (Å²) in [5.41, 5.74) is 0. The van der Waals surface area contributed by atoms with E-state index >= 15 is 0 Å². The predicted molar refractivity (Wildman–Crippen MR) is 47.6 cm³/mol. The molecule has 0 bridgehead atoms. The molecule has 1 fully saturated rings. The van der Waals surface area contributed by atoms with Crippen LogP contribution in [0.3, 0.4) is 0 Å². The summed E-state index contributed by atoms with van der Waals surface area (Å²) in [5, 5.41) is 0. The summed E-state index contributed by atoms with van der Waals surface area (Å²) >= 11 is 0. The molecule has 1 atom stereocenters. The van der Waals surface area contributed by atoms with Crippen LogP contribution in [0.25, 0.3) is 0 Å². The Morgan fingerprint density at radius 1 is 1.67 bits per heavy atom. The summed E-state index contributed by atoms with van der Waals surface area (Å²) in [6.45, 7) is 2.08. The average Bonchev–Trinajstić information content (AvgIpc) is 2.53. The number of carbonyl (C=O) groups excluding carboxylic acids is 1. The topological polar surface area (TPSA) is 26.3 Å². The molecule has 2 nitrogen and oxygen atoms in total. The van der Waals surface area contributed by atoms with Crippen LogP contribution in [-0.4, -0.2) is 12.1 Å². The first-order valence-corrected chi connectivity index (χ1v) is 4.84. The standard InChI is InChI=1S/C10H17O2/c1-2-3-8-10(11)12-9-6-4-5-7-9/h4,9H,2-3,5-8H2,1H3. The molecule has 1 saturated carbocycles. The van der Waals surface area contributed by atoms with Gasteiger partial charge in [0.1, 0.15) is 6.10 Å². The van der Waals surface area contributed by atoms with Crippen LogP contribution >= 0.6 is 0 Å². The van der Waals surface area contributed by atoms with E-state index in [0.717, 1.165) is 32.1 Å². The van der Waals surface area contributed by atoms with Crippen molar-refractivity contribution < 1.29 is 9.53 Å². The second-order valence-corrected chi connectivity index (χ2v) is 3.32. The van der Waals surface area contributed by atoms with Gasteiger partial charge in [-0.1, -0.05) is 13.3 Å². The molecule has 0 aliphatic heterocycles. The molecule has 1 aliphatic rings. The maximum absolute atomic E-state index is 11.1. The average molecular weight is 169 g/mol. The van der Waals surface area contributed by atoms with Gasteiger partial charge in [0.15, 0.2) is 0 Å². The first-order valence-electron chi connectivity index (χ1n) is 4.84. The molecule has 0 spiro atoms. The van der Waals surface area contributed by atoms with Gasteiger partial charge in [-0.2, -0.15) is 0 Å². The molecule has 0 amide bonds. The number of ether oxygens (including phenoxy) is 1. The maximum Gasteiger partial charge on any atom is 0.306 e. The van der Waals surface area contributed by atoms with Crippen molar-refractivity contribution in [1.29, 1.82) is 0 Å². The summed E-state index contributed by atoms with van der Waals surface area (Å²) in [4.78, 5) is 11.1. The van der Waals surface area contributed by atoms with Gasteiger partial charge < -0.3 is 4.74 Å². The molecule has 0 aromatic carbocycles. The van der Waals surface area contributed by atoms with Gasteiger partial charge in [0.05, 0.1) is 0 Å². The molecular weight excluding hydrogens is 152 g/mol. The Morgan fingerprint density at radius 2 is 2.50 bits per heavy atom. The van der Waals surface area contributed by atoms with Crippen molar-refractivity contribution >= 4 is 5.97 Å². The van der Waals surface area contributed by atoms with Crippen molar-refractivity contribution in [2.45, 2.75) is 51.6 Å². The Morgan fingerprint density at radius 3 is 3.08 bits per heavy atom. The highest BCUT2D eigenvalue weighted by molar-refractivity contribution is 5.69. The van der Waals surface area contributed by atoms with Crippen molar-refractivity contribution in [2.24, 2.45) is 0 Å². The second-order valence-electron chi connectivity index (χ2n) is 3.32. The van der Waals surface area contributed by atoms with Gasteiger partial charge >= 0.3 is 5.97 Å². The fourth-order valence-electron chi connectivity index (χ4n) is 1.40. The minimum atomic E-state index is -0.0165. The number of hydrogen-bond acceptors (Lipinski definition) is 2. The third-order valence-corrected chi connectivity index (χ3v) is 2.15. The molecule has 12 heavy (non-hydrogen) atoms. The maximum atomic E-state index is 11.1. The second kappa shape index (κ2) is 5.18. The van der Waals surface area contributed by atoms with Gasteiger partial charge in [-0.25, -0.2) is 0 Å². The third-order valence-electron chi connectivity index (χ3n) is 2.15. The molecule has 0 aromatic rings. The van der Waals surface area contributed by atoms with Crippen LogP contribution in [0, 0.1) is 6.42 Å². The molecule has 0 N–H and O–H groups in total. The van der Waals surface area contributed by atoms with Crippen LogP contribution < -0.4 is 0 Å². The lowest BCUT2D eigenvalue weighted by Gasteiger charge is -2.10. The largest absolute Gasteiger partial charge is 0.462 e. The lowest BCUT2D eigenvalue weighted by atomic mass is 10.2. The van der Waals surface area contributed by atoms with E-state index in [1.807, 2.05) is 0 Å². The van der Waals surface area contributed by atoms with Crippen molar-refractivity contribution in [3.63, 3.8) is 0 Å². The quantitative estimate of drug-likeness (QED) is 0.604. The van der Waals surface area contributed by atoms with Gasteiger partial charge in [-0.15, -0.1) is 0 Å². The van der Waals surface area contributed by atoms with Gasteiger partial charge in [-0.3, -0.25) is 4.79 Å². The summed E-state index contributed by atoms with van der Waals surface area (Å²) in [6, 6.07) is 0. The molecular formula is C10H17O2. The summed E-state index contributed by atoms with van der Waals surface area (Å²) in [6.07, 6.45) is 8.07. The molecule has 0 saturated heterocycles. The third kappa shape index (κ3) is 3.24. The molecule has 2 heteroatoms. The van der Waals surface area contributed by atoms with Crippen LogP contribution in [0.4, 0.5) is 0 Å². The number of carbonyl (C=O) groups is 1. The lowest BCUT2D eigenvalue weighted by molar-refractivity contribution is -0.148. The molecule has 1 rings (SSSR count). The van der Waals surface area contributed by atoms with Crippen LogP contribution in [0.2, 0.25) is 0 Å². The van der Waals surface area contributed by atoms with E-state index in [9.17, 15) is 4.79 Å². The van der Waals surface area contributed by atoms with Crippen LogP contribution in [0.1, 0.15) is 45.4 Å². The van der Waals surface area contributed by atoms with E-state index in [1.165, 1.54) is 0 Å². The first-order chi connectivity index (χ1) is 5.83. The Hall–Kier alpha value is -0.530. The van der Waals surface area contributed by atoms with Gasteiger partial charge in [0.2, 0.25) is 0 Å². The van der Waals surface area contributed by atoms with Gasteiger partial charge in [-0.05, 0) is 32.1 Å². The first kappa shape index (κ1) is 9.56. The number of esters is 1. The monoisotopic (exact) mass is 169 g/mol. The van der Waals surface area contributed by atoms with E-state index in [4.69, 9.17) is 4.74 Å². The Labute approximate surface area is 74.3 Å². The van der Waals surface area contributed by atoms with Crippen molar-refractivity contribution in [2.75, 3.05) is 0 Å². The Kier molecular flexibility index (Phi) is 4.12. The van der Waals surface area contributed by atoms with Crippen LogP contribution in [0.15, 0.2) is 0 Å². The summed E-state index contributed by atoms with van der Waals surface area (Å²) in [7, 11) is 0. The number of unbranched alkanes of at least 4 members (excludes halogenated alkanes) is 1. The van der Waals surface area contributed by atoms with Gasteiger partial charge in [0.25, 0.3) is 0 Å². The molecule has 69 valence electrons. The lowest BCUT2D eigenvalue weighted by Crippen LogP contribution is -2.14. The zero-order valence-corrected chi connectivity index (χ0v) is 7.71. The highest BCUT2D eigenvalue weighted by Crippen LogP contribution is 2.20. The van der Waals surface area contributed by atoms with E-state index in [1.54, 1.807) is 0 Å². The van der Waals surface area contributed by atoms with Crippen molar-refractivity contribution in [3.8, 4) is 0 Å². The highest BCUT2D eigenvalue weighted by atomic mass is 16.5. The molecule has 0 heterocycles. The number of rotatable bonds is 4. The fraction of sp³-hybridized carbons (Fsp3) is 0.800. The Bertz CT molecular complexity index is 137. The Balaban J connectivity index is 2.08. The molecule has 1 unspecified atom stereocenters.